The predicted octanol–water partition coefficient (Wildman–Crippen LogP) is 2.58. The van der Waals surface area contributed by atoms with Crippen molar-refractivity contribution in [2.24, 2.45) is 5.73 Å². The van der Waals surface area contributed by atoms with Crippen molar-refractivity contribution in [3.63, 3.8) is 0 Å². The third-order valence-electron chi connectivity index (χ3n) is 4.05. The van der Waals surface area contributed by atoms with E-state index < -0.39 is 17.6 Å². The number of benzene rings is 2. The smallest absolute Gasteiger partial charge is 0.351 e. The van der Waals surface area contributed by atoms with Crippen LogP contribution in [0.3, 0.4) is 0 Å². The van der Waals surface area contributed by atoms with Gasteiger partial charge in [-0.05, 0) is 48.4 Å². The zero-order chi connectivity index (χ0) is 20.1. The van der Waals surface area contributed by atoms with Gasteiger partial charge in [0, 0.05) is 12.3 Å². The van der Waals surface area contributed by atoms with Gasteiger partial charge in [0.25, 0.3) is 0 Å². The standard InChI is InChI=1S/C21H19NO6/c1-13(23)26-12-14-6-7-19-16(10-14)11-17(21(25)28-19)20(24)27-18-5-3-2-4-15(18)8-9-22/h2-7,10-11H,8-9,12,22H2,1H3. The molecule has 0 saturated heterocycles. The van der Waals surface area contributed by atoms with Gasteiger partial charge in [-0.2, -0.15) is 0 Å². The lowest BCUT2D eigenvalue weighted by atomic mass is 10.1. The molecule has 0 spiro atoms. The van der Waals surface area contributed by atoms with Crippen molar-refractivity contribution in [2.75, 3.05) is 6.54 Å². The van der Waals surface area contributed by atoms with Crippen LogP contribution in [0.4, 0.5) is 0 Å². The van der Waals surface area contributed by atoms with Crippen molar-refractivity contribution >= 4 is 22.9 Å². The maximum absolute atomic E-state index is 12.6. The second-order valence-electron chi connectivity index (χ2n) is 6.14. The molecule has 0 aliphatic carbocycles. The molecule has 0 fully saturated rings. The van der Waals surface area contributed by atoms with Crippen LogP contribution >= 0.6 is 0 Å². The number of ether oxygens (including phenoxy) is 2. The van der Waals surface area contributed by atoms with Crippen LogP contribution in [-0.2, 0) is 22.6 Å². The normalized spacial score (nSPS) is 10.6. The molecule has 2 N–H and O–H groups in total. The van der Waals surface area contributed by atoms with Gasteiger partial charge in [-0.15, -0.1) is 0 Å². The third-order valence-corrected chi connectivity index (χ3v) is 4.05. The van der Waals surface area contributed by atoms with Crippen molar-refractivity contribution < 1.29 is 23.5 Å². The van der Waals surface area contributed by atoms with Crippen molar-refractivity contribution in [1.82, 2.24) is 0 Å². The second kappa shape index (κ2) is 8.49. The van der Waals surface area contributed by atoms with Gasteiger partial charge in [0.2, 0.25) is 0 Å². The van der Waals surface area contributed by atoms with E-state index in [1.165, 1.54) is 13.0 Å². The Morgan fingerprint density at radius 1 is 1.11 bits per heavy atom. The van der Waals surface area contributed by atoms with Crippen LogP contribution in [-0.4, -0.2) is 18.5 Å². The van der Waals surface area contributed by atoms with Gasteiger partial charge >= 0.3 is 17.6 Å². The van der Waals surface area contributed by atoms with Crippen LogP contribution in [0, 0.1) is 0 Å². The highest BCUT2D eigenvalue weighted by Crippen LogP contribution is 2.21. The Morgan fingerprint density at radius 2 is 1.89 bits per heavy atom. The molecule has 0 atom stereocenters. The zero-order valence-corrected chi connectivity index (χ0v) is 15.3. The summed E-state index contributed by atoms with van der Waals surface area (Å²) in [6.45, 7) is 1.80. The topological polar surface area (TPSA) is 109 Å². The number of hydrogen-bond donors (Lipinski definition) is 1. The first kappa shape index (κ1) is 19.3. The Bertz CT molecular complexity index is 1090. The van der Waals surface area contributed by atoms with Crippen LogP contribution < -0.4 is 16.1 Å². The summed E-state index contributed by atoms with van der Waals surface area (Å²) in [7, 11) is 0. The minimum absolute atomic E-state index is 0.0800. The first-order chi connectivity index (χ1) is 13.5. The molecule has 3 rings (SSSR count). The van der Waals surface area contributed by atoms with Crippen LogP contribution in [0.1, 0.15) is 28.4 Å². The lowest BCUT2D eigenvalue weighted by Gasteiger charge is -2.09. The van der Waals surface area contributed by atoms with Gasteiger partial charge in [0.05, 0.1) is 0 Å². The van der Waals surface area contributed by atoms with E-state index in [4.69, 9.17) is 19.6 Å². The Kier molecular flexibility index (Phi) is 5.86. The van der Waals surface area contributed by atoms with Crippen LogP contribution in [0.5, 0.6) is 5.75 Å². The summed E-state index contributed by atoms with van der Waals surface area (Å²) in [6, 6.07) is 13.3. The number of fused-ring (bicyclic) bond motifs is 1. The average Bonchev–Trinajstić information content (AvgIpc) is 2.67. The highest BCUT2D eigenvalue weighted by molar-refractivity contribution is 5.94. The predicted molar refractivity (Wildman–Crippen MR) is 102 cm³/mol. The molecule has 0 amide bonds. The second-order valence-corrected chi connectivity index (χ2v) is 6.14. The molecule has 0 aliphatic heterocycles. The lowest BCUT2D eigenvalue weighted by Crippen LogP contribution is -2.19. The molecule has 7 nitrogen and oxygen atoms in total. The highest BCUT2D eigenvalue weighted by Gasteiger charge is 2.17. The number of hydrogen-bond acceptors (Lipinski definition) is 7. The summed E-state index contributed by atoms with van der Waals surface area (Å²) in [5.41, 5.74) is 6.35. The van der Waals surface area contributed by atoms with E-state index in [-0.39, 0.29) is 12.2 Å². The number of para-hydroxylation sites is 1. The molecule has 1 aromatic heterocycles. The molecular formula is C21H19NO6. The fraction of sp³-hybridized carbons (Fsp3) is 0.190. The SMILES string of the molecule is CC(=O)OCc1ccc2oc(=O)c(C(=O)Oc3ccccc3CCN)cc2c1. The van der Waals surface area contributed by atoms with Crippen LogP contribution in [0.15, 0.2) is 57.7 Å². The van der Waals surface area contributed by atoms with Crippen molar-refractivity contribution in [3.8, 4) is 5.75 Å². The summed E-state index contributed by atoms with van der Waals surface area (Å²) < 4.78 is 15.6. The van der Waals surface area contributed by atoms with Gasteiger partial charge in [-0.25, -0.2) is 9.59 Å². The van der Waals surface area contributed by atoms with Crippen LogP contribution in [0.2, 0.25) is 0 Å². The van der Waals surface area contributed by atoms with Crippen molar-refractivity contribution in [1.29, 1.82) is 0 Å². The summed E-state index contributed by atoms with van der Waals surface area (Å²) >= 11 is 0. The van der Waals surface area contributed by atoms with E-state index in [0.29, 0.717) is 35.2 Å². The molecule has 2 aromatic carbocycles. The fourth-order valence-corrected chi connectivity index (χ4v) is 2.71. The molecule has 0 aliphatic rings. The van der Waals surface area contributed by atoms with Crippen molar-refractivity contribution in [2.45, 2.75) is 20.0 Å². The van der Waals surface area contributed by atoms with Gasteiger partial charge < -0.3 is 19.6 Å². The zero-order valence-electron chi connectivity index (χ0n) is 15.3. The summed E-state index contributed by atoms with van der Waals surface area (Å²) in [5, 5.41) is 0.520. The van der Waals surface area contributed by atoms with E-state index in [1.807, 2.05) is 6.07 Å². The maximum atomic E-state index is 12.6. The number of nitrogens with two attached hydrogens (primary N) is 1. The largest absolute Gasteiger partial charge is 0.461 e. The number of carbonyl (C=O) groups excluding carboxylic acids is 2. The molecular weight excluding hydrogens is 362 g/mol. The Morgan fingerprint density at radius 3 is 2.64 bits per heavy atom. The first-order valence-corrected chi connectivity index (χ1v) is 8.68. The van der Waals surface area contributed by atoms with E-state index >= 15 is 0 Å². The third kappa shape index (κ3) is 4.44. The van der Waals surface area contributed by atoms with Gasteiger partial charge in [-0.1, -0.05) is 24.3 Å². The lowest BCUT2D eigenvalue weighted by molar-refractivity contribution is -0.142. The van der Waals surface area contributed by atoms with Gasteiger partial charge in [-0.3, -0.25) is 4.79 Å². The average molecular weight is 381 g/mol. The summed E-state index contributed by atoms with van der Waals surface area (Å²) in [4.78, 5) is 35.7. The summed E-state index contributed by atoms with van der Waals surface area (Å²) in [5.74, 6) is -0.869. The molecule has 1 heterocycles. The number of esters is 2. The van der Waals surface area contributed by atoms with E-state index in [0.717, 1.165) is 5.56 Å². The van der Waals surface area contributed by atoms with E-state index in [2.05, 4.69) is 0 Å². The number of rotatable bonds is 6. The van der Waals surface area contributed by atoms with Gasteiger partial charge in [0.15, 0.2) is 0 Å². The van der Waals surface area contributed by atoms with Crippen molar-refractivity contribution in [3.05, 3.63) is 75.6 Å². The molecule has 144 valence electrons. The van der Waals surface area contributed by atoms with E-state index in [9.17, 15) is 14.4 Å². The fourth-order valence-electron chi connectivity index (χ4n) is 2.71. The quantitative estimate of drug-likeness (QED) is 0.397. The monoisotopic (exact) mass is 381 g/mol. The minimum atomic E-state index is -0.814. The molecule has 3 aromatic rings. The highest BCUT2D eigenvalue weighted by atomic mass is 16.5. The molecule has 7 heteroatoms. The molecule has 0 bridgehead atoms. The minimum Gasteiger partial charge on any atom is -0.461 e. The molecule has 0 saturated carbocycles. The van der Waals surface area contributed by atoms with E-state index in [1.54, 1.807) is 36.4 Å². The maximum Gasteiger partial charge on any atom is 0.351 e. The Labute approximate surface area is 160 Å². The Balaban J connectivity index is 1.91. The van der Waals surface area contributed by atoms with Gasteiger partial charge in [0.1, 0.15) is 23.5 Å². The first-order valence-electron chi connectivity index (χ1n) is 8.68. The molecule has 0 unspecified atom stereocenters. The molecule has 0 radical (unpaired) electrons. The summed E-state index contributed by atoms with van der Waals surface area (Å²) in [6.07, 6.45) is 0.537. The Hall–Kier alpha value is -3.45. The molecule has 28 heavy (non-hydrogen) atoms. The van der Waals surface area contributed by atoms with Crippen LogP contribution in [0.25, 0.3) is 11.0 Å². The number of carbonyl (C=O) groups is 2.